The van der Waals surface area contributed by atoms with E-state index in [9.17, 15) is 18.0 Å². The highest BCUT2D eigenvalue weighted by Crippen LogP contribution is 2.34. The molecule has 0 aromatic heterocycles. The molecule has 0 radical (unpaired) electrons. The summed E-state index contributed by atoms with van der Waals surface area (Å²) >= 11 is 24.3. The molecule has 12 heteroatoms. The Morgan fingerprint density at radius 1 is 1.03 bits per heavy atom. The van der Waals surface area contributed by atoms with E-state index in [0.29, 0.717) is 10.6 Å². The average Bonchev–Trinajstić information content (AvgIpc) is 2.73. The largest absolute Gasteiger partial charge is 0.357 e. The van der Waals surface area contributed by atoms with E-state index in [1.54, 1.807) is 18.2 Å². The van der Waals surface area contributed by atoms with Gasteiger partial charge < -0.3 is 10.2 Å². The summed E-state index contributed by atoms with van der Waals surface area (Å²) in [5.41, 5.74) is 0.660. The summed E-state index contributed by atoms with van der Waals surface area (Å²) in [6.45, 7) is 0.929. The molecule has 0 aliphatic rings. The van der Waals surface area contributed by atoms with Crippen molar-refractivity contribution in [3.05, 3.63) is 62.1 Å². The molecule has 2 amide bonds. The number of carbonyl (C=O) groups is 2. The van der Waals surface area contributed by atoms with Crippen LogP contribution in [0.25, 0.3) is 0 Å². The van der Waals surface area contributed by atoms with Crippen molar-refractivity contribution in [2.45, 2.75) is 19.5 Å². The number of nitrogens with one attached hydrogen (secondary N) is 1. The molecule has 1 N–H and O–H groups in total. The summed E-state index contributed by atoms with van der Waals surface area (Å²) < 4.78 is 25.8. The van der Waals surface area contributed by atoms with Crippen LogP contribution < -0.4 is 9.62 Å². The molecule has 174 valence electrons. The molecule has 0 saturated heterocycles. The Morgan fingerprint density at radius 3 is 2.25 bits per heavy atom. The first-order chi connectivity index (χ1) is 14.9. The number of hydrogen-bond donors (Lipinski definition) is 1. The molecule has 0 saturated carbocycles. The Balaban J connectivity index is 2.45. The highest BCUT2D eigenvalue weighted by Gasteiger charge is 2.30. The summed E-state index contributed by atoms with van der Waals surface area (Å²) in [5.74, 6) is -1.06. The number of halogens is 4. The van der Waals surface area contributed by atoms with E-state index in [0.717, 1.165) is 10.6 Å². The number of rotatable bonds is 8. The van der Waals surface area contributed by atoms with Crippen molar-refractivity contribution >= 4 is 73.9 Å². The smallest absolute Gasteiger partial charge is 0.244 e. The molecular weight excluding hydrogens is 520 g/mol. The number of benzene rings is 2. The van der Waals surface area contributed by atoms with Gasteiger partial charge in [-0.3, -0.25) is 13.9 Å². The molecule has 0 aliphatic carbocycles. The second kappa shape index (κ2) is 10.9. The molecule has 0 aliphatic heterocycles. The fourth-order valence-corrected chi connectivity index (χ4v) is 4.53. The third kappa shape index (κ3) is 6.42. The summed E-state index contributed by atoms with van der Waals surface area (Å²) in [7, 11) is -2.48. The van der Waals surface area contributed by atoms with E-state index in [4.69, 9.17) is 46.4 Å². The molecule has 2 rings (SSSR count). The van der Waals surface area contributed by atoms with Crippen LogP contribution in [0.1, 0.15) is 12.5 Å². The van der Waals surface area contributed by atoms with Crippen molar-refractivity contribution in [3.8, 4) is 0 Å². The van der Waals surface area contributed by atoms with E-state index >= 15 is 0 Å². The van der Waals surface area contributed by atoms with E-state index < -0.39 is 34.4 Å². The zero-order valence-electron chi connectivity index (χ0n) is 17.4. The lowest BCUT2D eigenvalue weighted by Gasteiger charge is -2.31. The van der Waals surface area contributed by atoms with Crippen molar-refractivity contribution in [2.75, 3.05) is 24.2 Å². The van der Waals surface area contributed by atoms with Gasteiger partial charge in [-0.05, 0) is 36.8 Å². The van der Waals surface area contributed by atoms with Crippen molar-refractivity contribution in [3.63, 3.8) is 0 Å². The molecule has 0 spiro atoms. The number of hydrogen-bond acceptors (Lipinski definition) is 4. The Kier molecular flexibility index (Phi) is 9.07. The van der Waals surface area contributed by atoms with Gasteiger partial charge in [0.1, 0.15) is 12.6 Å². The van der Waals surface area contributed by atoms with Crippen LogP contribution in [0.5, 0.6) is 0 Å². The van der Waals surface area contributed by atoms with Crippen LogP contribution in [-0.4, -0.2) is 51.0 Å². The predicted molar refractivity (Wildman–Crippen MR) is 129 cm³/mol. The predicted octanol–water partition coefficient (Wildman–Crippen LogP) is 4.23. The molecule has 0 fully saturated rings. The molecule has 0 heterocycles. The van der Waals surface area contributed by atoms with Gasteiger partial charge in [0.25, 0.3) is 0 Å². The number of anilines is 1. The minimum Gasteiger partial charge on any atom is -0.357 e. The third-order valence-corrected chi connectivity index (χ3v) is 7.30. The quantitative estimate of drug-likeness (QED) is 0.542. The molecule has 0 bridgehead atoms. The van der Waals surface area contributed by atoms with Gasteiger partial charge in [-0.15, -0.1) is 0 Å². The van der Waals surface area contributed by atoms with E-state index in [-0.39, 0.29) is 27.3 Å². The van der Waals surface area contributed by atoms with Crippen LogP contribution >= 0.6 is 46.4 Å². The van der Waals surface area contributed by atoms with Crippen LogP contribution in [0.4, 0.5) is 5.69 Å². The highest BCUT2D eigenvalue weighted by molar-refractivity contribution is 7.92. The molecule has 2 aromatic carbocycles. The zero-order chi connectivity index (χ0) is 24.2. The second-order valence-electron chi connectivity index (χ2n) is 6.90. The number of nitrogens with zero attached hydrogens (tertiary/aromatic N) is 2. The molecule has 1 atom stereocenters. The molecule has 2 aromatic rings. The van der Waals surface area contributed by atoms with Gasteiger partial charge >= 0.3 is 0 Å². The molecule has 32 heavy (non-hydrogen) atoms. The number of amides is 2. The fraction of sp³-hybridized carbons (Fsp3) is 0.300. The maximum absolute atomic E-state index is 13.3. The standard InChI is InChI=1S/C20H21Cl4N3O4S/c1-12(20(29)25-2)26(10-13-7-8-14(21)16(23)9-13)18(28)11-27(32(3,30)31)17-6-4-5-15(22)19(17)24/h4-9,12H,10-11H2,1-3H3,(H,25,29). The van der Waals surface area contributed by atoms with E-state index in [1.165, 1.54) is 37.1 Å². The molecule has 1 unspecified atom stereocenters. The first kappa shape index (κ1) is 26.5. The van der Waals surface area contributed by atoms with E-state index in [1.807, 2.05) is 0 Å². The number of likely N-dealkylation sites (N-methyl/N-ethyl adjacent to an activating group) is 1. The maximum atomic E-state index is 13.3. The molecular formula is C20H21Cl4N3O4S. The van der Waals surface area contributed by atoms with Gasteiger partial charge in [-0.2, -0.15) is 0 Å². The van der Waals surface area contributed by atoms with Gasteiger partial charge in [0.15, 0.2) is 0 Å². The third-order valence-electron chi connectivity index (χ3n) is 4.63. The Morgan fingerprint density at radius 2 is 1.69 bits per heavy atom. The fourth-order valence-electron chi connectivity index (χ4n) is 2.91. The van der Waals surface area contributed by atoms with Gasteiger partial charge in [0.05, 0.1) is 32.0 Å². The summed E-state index contributed by atoms with van der Waals surface area (Å²) in [5, 5.41) is 3.24. The summed E-state index contributed by atoms with van der Waals surface area (Å²) in [4.78, 5) is 26.8. The normalized spacial score (nSPS) is 12.2. The van der Waals surface area contributed by atoms with Gasteiger partial charge in [-0.1, -0.05) is 58.5 Å². The van der Waals surface area contributed by atoms with Crippen molar-refractivity contribution < 1.29 is 18.0 Å². The Bertz CT molecular complexity index is 1130. The number of carbonyl (C=O) groups excluding carboxylic acids is 2. The SMILES string of the molecule is CNC(=O)C(C)N(Cc1ccc(Cl)c(Cl)c1)C(=O)CN(c1cccc(Cl)c1Cl)S(C)(=O)=O. The van der Waals surface area contributed by atoms with Crippen LogP contribution in [0, 0.1) is 0 Å². The lowest BCUT2D eigenvalue weighted by Crippen LogP contribution is -2.50. The Labute approximate surface area is 207 Å². The van der Waals surface area contributed by atoms with E-state index in [2.05, 4.69) is 5.32 Å². The van der Waals surface area contributed by atoms with Gasteiger partial charge in [0.2, 0.25) is 21.8 Å². The van der Waals surface area contributed by atoms with Crippen LogP contribution in [0.2, 0.25) is 20.1 Å². The van der Waals surface area contributed by atoms with Crippen LogP contribution in [-0.2, 0) is 26.2 Å². The van der Waals surface area contributed by atoms with Crippen molar-refractivity contribution in [1.29, 1.82) is 0 Å². The lowest BCUT2D eigenvalue weighted by molar-refractivity contribution is -0.139. The topological polar surface area (TPSA) is 86.8 Å². The maximum Gasteiger partial charge on any atom is 0.244 e. The van der Waals surface area contributed by atoms with Crippen molar-refractivity contribution in [1.82, 2.24) is 10.2 Å². The first-order valence-electron chi connectivity index (χ1n) is 9.23. The van der Waals surface area contributed by atoms with Crippen LogP contribution in [0.3, 0.4) is 0 Å². The zero-order valence-corrected chi connectivity index (χ0v) is 21.2. The first-order valence-corrected chi connectivity index (χ1v) is 12.6. The molecule has 7 nitrogen and oxygen atoms in total. The minimum atomic E-state index is -3.92. The van der Waals surface area contributed by atoms with Crippen LogP contribution in [0.15, 0.2) is 36.4 Å². The minimum absolute atomic E-state index is 0.00874. The average molecular weight is 541 g/mol. The highest BCUT2D eigenvalue weighted by atomic mass is 35.5. The van der Waals surface area contributed by atoms with Crippen molar-refractivity contribution in [2.24, 2.45) is 0 Å². The Hall–Kier alpha value is -1.71. The summed E-state index contributed by atoms with van der Waals surface area (Å²) in [6.07, 6.45) is 0.947. The lowest BCUT2D eigenvalue weighted by atomic mass is 10.1. The second-order valence-corrected chi connectivity index (χ2v) is 10.4. The monoisotopic (exact) mass is 539 g/mol. The van der Waals surface area contributed by atoms with Gasteiger partial charge in [-0.25, -0.2) is 8.42 Å². The number of sulfonamides is 1. The van der Waals surface area contributed by atoms with Gasteiger partial charge in [0, 0.05) is 13.6 Å². The summed E-state index contributed by atoms with van der Waals surface area (Å²) in [6, 6.07) is 8.36.